The molecule has 0 saturated carbocycles. The van der Waals surface area contributed by atoms with Crippen LogP contribution in [0.5, 0.6) is 5.75 Å². The zero-order chi connectivity index (χ0) is 29.1. The summed E-state index contributed by atoms with van der Waals surface area (Å²) in [5, 5.41) is 7.68. The molecule has 0 aliphatic carbocycles. The van der Waals surface area contributed by atoms with Crippen LogP contribution in [-0.2, 0) is 16.1 Å². The summed E-state index contributed by atoms with van der Waals surface area (Å²) in [6.45, 7) is 1.79. The quantitative estimate of drug-likeness (QED) is 0.300. The van der Waals surface area contributed by atoms with Crippen LogP contribution in [-0.4, -0.2) is 55.5 Å². The van der Waals surface area contributed by atoms with Crippen LogP contribution in [0.25, 0.3) is 10.8 Å². The zero-order valence-electron chi connectivity index (χ0n) is 23.3. The number of carbonyl (C=O) groups excluding carboxylic acids is 3. The minimum absolute atomic E-state index is 0. The van der Waals surface area contributed by atoms with Gasteiger partial charge in [-0.1, -0.05) is 46.3 Å². The highest BCUT2D eigenvalue weighted by Crippen LogP contribution is 2.38. The van der Waals surface area contributed by atoms with E-state index >= 15 is 0 Å². The Morgan fingerprint density at radius 3 is 2.50 bits per heavy atom. The fourth-order valence-electron chi connectivity index (χ4n) is 4.96. The van der Waals surface area contributed by atoms with Gasteiger partial charge in [-0.3, -0.25) is 19.4 Å². The Balaban J connectivity index is 0.00000405. The fourth-order valence-corrected chi connectivity index (χ4v) is 5.34. The zero-order valence-corrected chi connectivity index (χ0v) is 25.7. The Labute approximate surface area is 258 Å². The number of halogens is 2. The number of carbonyl (C=O) groups is 3. The maximum Gasteiger partial charge on any atom is 0.277 e. The largest absolute Gasteiger partial charge is 0.496 e. The van der Waals surface area contributed by atoms with Gasteiger partial charge in [0.1, 0.15) is 17.5 Å². The number of aromatic nitrogens is 1. The lowest BCUT2D eigenvalue weighted by molar-refractivity contribution is -0.128. The van der Waals surface area contributed by atoms with Gasteiger partial charge in [0.05, 0.1) is 37.6 Å². The predicted molar refractivity (Wildman–Crippen MR) is 169 cm³/mol. The molecule has 0 radical (unpaired) electrons. The van der Waals surface area contributed by atoms with E-state index in [9.17, 15) is 14.4 Å². The van der Waals surface area contributed by atoms with Crippen molar-refractivity contribution in [1.29, 1.82) is 0 Å². The maximum absolute atomic E-state index is 14.3. The van der Waals surface area contributed by atoms with Gasteiger partial charge in [0.15, 0.2) is 0 Å². The monoisotopic (exact) mass is 651 g/mol. The van der Waals surface area contributed by atoms with Crippen molar-refractivity contribution >= 4 is 68.2 Å². The number of ether oxygens (including phenoxy) is 1. The highest BCUT2D eigenvalue weighted by atomic mass is 79.9. The molecule has 0 bridgehead atoms. The summed E-state index contributed by atoms with van der Waals surface area (Å²) in [5.74, 6) is -0.447. The van der Waals surface area contributed by atoms with Crippen LogP contribution in [0, 0.1) is 0 Å². The minimum Gasteiger partial charge on any atom is -0.496 e. The number of methoxy groups -OCH3 is 1. The van der Waals surface area contributed by atoms with Gasteiger partial charge in [0.25, 0.3) is 11.8 Å². The Morgan fingerprint density at radius 2 is 1.81 bits per heavy atom. The van der Waals surface area contributed by atoms with Gasteiger partial charge in [0.2, 0.25) is 5.91 Å². The lowest BCUT2D eigenvalue weighted by atomic mass is 10.0. The van der Waals surface area contributed by atoms with Crippen molar-refractivity contribution < 1.29 is 19.1 Å². The van der Waals surface area contributed by atoms with Gasteiger partial charge in [0, 0.05) is 16.2 Å². The average molecular weight is 653 g/mol. The highest BCUT2D eigenvalue weighted by molar-refractivity contribution is 9.10. The molecule has 1 aromatic heterocycles. The molecule has 3 amide bonds. The van der Waals surface area contributed by atoms with Crippen molar-refractivity contribution in [1.82, 2.24) is 15.6 Å². The molecule has 9 nitrogen and oxygen atoms in total. The number of fused-ring (bicyclic) bond motifs is 2. The number of likely N-dealkylation sites (N-methyl/N-ethyl adjacent to an activating group) is 1. The normalized spacial score (nSPS) is 15.3. The average Bonchev–Trinajstić information content (AvgIpc) is 3.11. The molecular weight excluding hydrogens is 622 g/mol. The summed E-state index contributed by atoms with van der Waals surface area (Å²) < 4.78 is 6.67. The van der Waals surface area contributed by atoms with Crippen molar-refractivity contribution in [2.75, 3.05) is 30.5 Å². The first-order valence-corrected chi connectivity index (χ1v) is 14.0. The molecule has 218 valence electrons. The molecule has 11 heteroatoms. The second kappa shape index (κ2) is 13.3. The number of hydrogen-bond acceptors (Lipinski definition) is 6. The van der Waals surface area contributed by atoms with E-state index in [-0.39, 0.29) is 48.9 Å². The number of hydrogen-bond donors (Lipinski definition) is 2. The lowest BCUT2D eigenvalue weighted by Gasteiger charge is -2.27. The number of benzene rings is 3. The number of anilines is 2. The maximum atomic E-state index is 14.3. The van der Waals surface area contributed by atoms with Crippen molar-refractivity contribution in [3.8, 4) is 5.75 Å². The van der Waals surface area contributed by atoms with Crippen molar-refractivity contribution in [2.24, 2.45) is 0 Å². The predicted octanol–water partition coefficient (Wildman–Crippen LogP) is 4.71. The van der Waals surface area contributed by atoms with E-state index in [1.807, 2.05) is 42.5 Å². The first-order valence-electron chi connectivity index (χ1n) is 13.2. The second-order valence-electron chi connectivity index (χ2n) is 9.73. The smallest absolute Gasteiger partial charge is 0.277 e. The standard InChI is InChI=1S/C31H30BrN5O4.ClH/c1-19(33-2)29(38)35-25-18-37(30(39)24-8-6-7-15-34-24)27-10-5-4-9-26(27)36(31(25)40)17-23-22-13-12-21(32)16-20(22)11-14-28(23)41-3;/h4-16,19,25,33H,17-18H2,1-3H3,(H,35,38);1H/t19-,25-;/m0./s1. The molecule has 0 unspecified atom stereocenters. The molecule has 0 fully saturated rings. The van der Waals surface area contributed by atoms with E-state index in [4.69, 9.17) is 4.74 Å². The van der Waals surface area contributed by atoms with Gasteiger partial charge >= 0.3 is 0 Å². The summed E-state index contributed by atoms with van der Waals surface area (Å²) in [6.07, 6.45) is 1.55. The van der Waals surface area contributed by atoms with Gasteiger partial charge in [-0.2, -0.15) is 0 Å². The van der Waals surface area contributed by atoms with Crippen LogP contribution in [0.15, 0.2) is 83.5 Å². The van der Waals surface area contributed by atoms with E-state index in [0.29, 0.717) is 17.1 Å². The number of nitrogens with one attached hydrogen (secondary N) is 2. The Morgan fingerprint density at radius 1 is 1.07 bits per heavy atom. The number of amides is 3. The lowest BCUT2D eigenvalue weighted by Crippen LogP contribution is -2.55. The number of pyridine rings is 1. The third-order valence-corrected chi connectivity index (χ3v) is 7.74. The first kappa shape index (κ1) is 31.0. The summed E-state index contributed by atoms with van der Waals surface area (Å²) in [6, 6.07) is 20.6. The van der Waals surface area contributed by atoms with Crippen molar-refractivity contribution in [3.05, 3.63) is 94.7 Å². The summed E-state index contributed by atoms with van der Waals surface area (Å²) in [4.78, 5) is 48.5. The van der Waals surface area contributed by atoms with Crippen LogP contribution < -0.4 is 25.2 Å². The van der Waals surface area contributed by atoms with Gasteiger partial charge in [-0.05, 0) is 67.2 Å². The molecule has 1 aliphatic rings. The molecule has 5 rings (SSSR count). The van der Waals surface area contributed by atoms with Gasteiger partial charge in [-0.25, -0.2) is 0 Å². The molecule has 42 heavy (non-hydrogen) atoms. The Hall–Kier alpha value is -3.99. The SMILES string of the molecule is CN[C@@H](C)C(=O)N[C@H]1CN(C(=O)c2ccccn2)c2ccccc2N(Cc2c(OC)ccc3cc(Br)ccc23)C1=O.Cl. The number of nitrogens with zero attached hydrogens (tertiary/aromatic N) is 3. The van der Waals surface area contributed by atoms with Crippen molar-refractivity contribution in [2.45, 2.75) is 25.6 Å². The molecule has 2 N–H and O–H groups in total. The third kappa shape index (κ3) is 6.11. The Bertz CT molecular complexity index is 1620. The van der Waals surface area contributed by atoms with E-state index in [1.165, 1.54) is 4.90 Å². The topological polar surface area (TPSA) is 104 Å². The van der Waals surface area contributed by atoms with E-state index in [2.05, 4.69) is 31.5 Å². The Kier molecular flexibility index (Phi) is 9.82. The van der Waals surface area contributed by atoms with E-state index in [1.54, 1.807) is 62.5 Å². The number of para-hydroxylation sites is 2. The van der Waals surface area contributed by atoms with Crippen LogP contribution in [0.2, 0.25) is 0 Å². The van der Waals surface area contributed by atoms with Gasteiger partial charge < -0.3 is 25.2 Å². The van der Waals surface area contributed by atoms with Crippen LogP contribution in [0.4, 0.5) is 11.4 Å². The molecule has 3 aromatic carbocycles. The van der Waals surface area contributed by atoms with E-state index < -0.39 is 12.1 Å². The highest BCUT2D eigenvalue weighted by Gasteiger charge is 2.38. The first-order chi connectivity index (χ1) is 19.8. The van der Waals surface area contributed by atoms with E-state index in [0.717, 1.165) is 20.8 Å². The fraction of sp³-hybridized carbons (Fsp3) is 0.226. The molecule has 2 heterocycles. The molecule has 4 aromatic rings. The van der Waals surface area contributed by atoms with Gasteiger partial charge in [-0.15, -0.1) is 12.4 Å². The van der Waals surface area contributed by atoms with Crippen molar-refractivity contribution in [3.63, 3.8) is 0 Å². The summed E-state index contributed by atoms with van der Waals surface area (Å²) in [7, 11) is 3.26. The molecule has 2 atom stereocenters. The molecule has 0 saturated heterocycles. The second-order valence-corrected chi connectivity index (χ2v) is 10.6. The van der Waals surface area contributed by atoms with Crippen LogP contribution >= 0.6 is 28.3 Å². The summed E-state index contributed by atoms with van der Waals surface area (Å²) in [5.41, 5.74) is 2.12. The molecule has 1 aliphatic heterocycles. The third-order valence-electron chi connectivity index (χ3n) is 7.25. The number of rotatable bonds is 7. The molecule has 0 spiro atoms. The van der Waals surface area contributed by atoms with Crippen LogP contribution in [0.1, 0.15) is 23.0 Å². The summed E-state index contributed by atoms with van der Waals surface area (Å²) >= 11 is 3.54. The molecular formula is C31H31BrClN5O4. The minimum atomic E-state index is -1.02. The van der Waals surface area contributed by atoms with Crippen LogP contribution in [0.3, 0.4) is 0 Å².